The van der Waals surface area contributed by atoms with E-state index in [0.29, 0.717) is 11.8 Å². The van der Waals surface area contributed by atoms with Crippen molar-refractivity contribution in [3.63, 3.8) is 0 Å². The minimum atomic E-state index is -1.67. The van der Waals surface area contributed by atoms with Gasteiger partial charge in [-0.2, -0.15) is 0 Å². The highest BCUT2D eigenvalue weighted by atomic mass is 28.3. The molecule has 0 N–H and O–H groups in total. The Hall–Kier alpha value is -0.123. The van der Waals surface area contributed by atoms with E-state index in [1.807, 2.05) is 6.08 Å². The molecule has 0 aromatic heterocycles. The van der Waals surface area contributed by atoms with Crippen LogP contribution in [0.2, 0.25) is 5.04 Å². The van der Waals surface area contributed by atoms with E-state index in [1.165, 1.54) is 0 Å². The fourth-order valence-electron chi connectivity index (χ4n) is 1.13. The highest BCUT2D eigenvalue weighted by Gasteiger charge is 2.32. The van der Waals surface area contributed by atoms with Gasteiger partial charge in [-0.05, 0) is 11.8 Å². The molecule has 16 heavy (non-hydrogen) atoms. The summed E-state index contributed by atoms with van der Waals surface area (Å²) in [5, 5.41) is -0.0101. The summed E-state index contributed by atoms with van der Waals surface area (Å²) in [5.74, 6) is 1.11. The standard InChI is InChI=1S/C13H28O2Si/c1-8-13(6,7)16(14-9-11(2)3)15-10-12(4)5/h8,11-12,16H,1,9-10H2,2-7H3. The Labute approximate surface area is 103 Å². The van der Waals surface area contributed by atoms with Crippen LogP contribution in [0.25, 0.3) is 0 Å². The van der Waals surface area contributed by atoms with Gasteiger partial charge < -0.3 is 8.85 Å². The molecule has 0 aliphatic heterocycles. The molecule has 0 saturated heterocycles. The zero-order valence-corrected chi connectivity index (χ0v) is 12.9. The molecule has 2 nitrogen and oxygen atoms in total. The van der Waals surface area contributed by atoms with E-state index in [2.05, 4.69) is 48.1 Å². The van der Waals surface area contributed by atoms with Crippen LogP contribution in [0.3, 0.4) is 0 Å². The van der Waals surface area contributed by atoms with Crippen molar-refractivity contribution >= 4 is 9.28 Å². The van der Waals surface area contributed by atoms with Crippen LogP contribution in [-0.4, -0.2) is 22.5 Å². The second kappa shape index (κ2) is 7.25. The Morgan fingerprint density at radius 1 is 1.06 bits per heavy atom. The van der Waals surface area contributed by atoms with E-state index in [0.717, 1.165) is 13.2 Å². The maximum Gasteiger partial charge on any atom is 0.331 e. The maximum atomic E-state index is 5.96. The summed E-state index contributed by atoms with van der Waals surface area (Å²) in [4.78, 5) is 0. The third-order valence-electron chi connectivity index (χ3n) is 2.30. The summed E-state index contributed by atoms with van der Waals surface area (Å²) in [6, 6.07) is 0. The molecule has 0 unspecified atom stereocenters. The first-order chi connectivity index (χ1) is 7.29. The van der Waals surface area contributed by atoms with Crippen LogP contribution in [0.5, 0.6) is 0 Å². The van der Waals surface area contributed by atoms with Crippen LogP contribution >= 0.6 is 0 Å². The Morgan fingerprint density at radius 2 is 1.44 bits per heavy atom. The van der Waals surface area contributed by atoms with Crippen molar-refractivity contribution in [1.29, 1.82) is 0 Å². The van der Waals surface area contributed by atoms with Crippen molar-refractivity contribution in [2.75, 3.05) is 13.2 Å². The average Bonchev–Trinajstić information content (AvgIpc) is 2.16. The fourth-order valence-corrected chi connectivity index (χ4v) is 3.40. The van der Waals surface area contributed by atoms with Gasteiger partial charge in [0.2, 0.25) is 0 Å². The molecule has 0 radical (unpaired) electrons. The van der Waals surface area contributed by atoms with Gasteiger partial charge in [-0.15, -0.1) is 6.58 Å². The highest BCUT2D eigenvalue weighted by molar-refractivity contribution is 6.49. The molecule has 0 atom stereocenters. The quantitative estimate of drug-likeness (QED) is 0.480. The number of rotatable bonds is 8. The van der Waals surface area contributed by atoms with E-state index in [-0.39, 0.29) is 5.04 Å². The first-order valence-electron chi connectivity index (χ1n) is 6.16. The molecule has 0 saturated carbocycles. The molecule has 0 spiro atoms. The van der Waals surface area contributed by atoms with Gasteiger partial charge in [0.25, 0.3) is 0 Å². The molecular formula is C13H28O2Si. The highest BCUT2D eigenvalue weighted by Crippen LogP contribution is 2.31. The zero-order chi connectivity index (χ0) is 12.8. The van der Waals surface area contributed by atoms with Crippen molar-refractivity contribution < 1.29 is 8.85 Å². The van der Waals surface area contributed by atoms with Gasteiger partial charge in [0.1, 0.15) is 0 Å². The third-order valence-corrected chi connectivity index (χ3v) is 4.74. The first kappa shape index (κ1) is 15.9. The smallest absolute Gasteiger partial charge is 0.331 e. The molecule has 0 amide bonds. The topological polar surface area (TPSA) is 18.5 Å². The summed E-state index contributed by atoms with van der Waals surface area (Å²) in [5.41, 5.74) is 0. The van der Waals surface area contributed by atoms with Gasteiger partial charge in [-0.3, -0.25) is 0 Å². The van der Waals surface area contributed by atoms with E-state index in [4.69, 9.17) is 8.85 Å². The molecule has 0 aliphatic rings. The van der Waals surface area contributed by atoms with Gasteiger partial charge in [0.15, 0.2) is 0 Å². The largest absolute Gasteiger partial charge is 0.396 e. The maximum absolute atomic E-state index is 5.96. The van der Waals surface area contributed by atoms with Crippen molar-refractivity contribution in [1.82, 2.24) is 0 Å². The lowest BCUT2D eigenvalue weighted by Gasteiger charge is -2.30. The Morgan fingerprint density at radius 3 is 1.69 bits per heavy atom. The lowest BCUT2D eigenvalue weighted by atomic mass is 10.2. The normalized spacial score (nSPS) is 12.8. The molecule has 96 valence electrons. The summed E-state index contributed by atoms with van der Waals surface area (Å²) in [6.45, 7) is 18.4. The lowest BCUT2D eigenvalue weighted by Crippen LogP contribution is -2.36. The molecule has 0 heterocycles. The summed E-state index contributed by atoms with van der Waals surface area (Å²) >= 11 is 0. The summed E-state index contributed by atoms with van der Waals surface area (Å²) in [7, 11) is -1.67. The van der Waals surface area contributed by atoms with Crippen LogP contribution in [0.1, 0.15) is 41.5 Å². The van der Waals surface area contributed by atoms with Crippen LogP contribution in [0, 0.1) is 11.8 Å². The lowest BCUT2D eigenvalue weighted by molar-refractivity contribution is 0.151. The minimum absolute atomic E-state index is 0.0101. The Kier molecular flexibility index (Phi) is 7.20. The van der Waals surface area contributed by atoms with Crippen molar-refractivity contribution in [2.45, 2.75) is 46.6 Å². The first-order valence-corrected chi connectivity index (χ1v) is 7.68. The van der Waals surface area contributed by atoms with E-state index in [1.54, 1.807) is 0 Å². The molecule has 0 bridgehead atoms. The van der Waals surface area contributed by atoms with Crippen LogP contribution in [0.15, 0.2) is 12.7 Å². The molecular weight excluding hydrogens is 216 g/mol. The Bertz CT molecular complexity index is 188. The molecule has 0 aromatic rings. The van der Waals surface area contributed by atoms with Gasteiger partial charge >= 0.3 is 9.28 Å². The predicted octanol–water partition coefficient (Wildman–Crippen LogP) is 3.52. The fraction of sp³-hybridized carbons (Fsp3) is 0.846. The Balaban J connectivity index is 4.32. The summed E-state index contributed by atoms with van der Waals surface area (Å²) < 4.78 is 11.9. The molecule has 0 aliphatic carbocycles. The van der Waals surface area contributed by atoms with Crippen molar-refractivity contribution in [3.8, 4) is 0 Å². The average molecular weight is 244 g/mol. The molecule has 0 aromatic carbocycles. The van der Waals surface area contributed by atoms with Crippen LogP contribution in [-0.2, 0) is 8.85 Å². The van der Waals surface area contributed by atoms with Crippen LogP contribution in [0.4, 0.5) is 0 Å². The van der Waals surface area contributed by atoms with E-state index in [9.17, 15) is 0 Å². The van der Waals surface area contributed by atoms with Crippen LogP contribution < -0.4 is 0 Å². The van der Waals surface area contributed by atoms with Gasteiger partial charge in [-0.25, -0.2) is 0 Å². The number of allylic oxidation sites excluding steroid dienone is 1. The zero-order valence-electron chi connectivity index (χ0n) is 11.7. The second-order valence-electron chi connectivity index (χ2n) is 5.81. The molecule has 0 rings (SSSR count). The second-order valence-corrected chi connectivity index (χ2v) is 8.63. The number of hydrogen-bond donors (Lipinski definition) is 0. The number of hydrogen-bond acceptors (Lipinski definition) is 2. The predicted molar refractivity (Wildman–Crippen MR) is 73.0 cm³/mol. The SMILES string of the molecule is C=CC(C)(C)[SiH](OCC(C)C)OCC(C)C. The third kappa shape index (κ3) is 6.46. The van der Waals surface area contributed by atoms with Gasteiger partial charge in [-0.1, -0.05) is 47.6 Å². The summed E-state index contributed by atoms with van der Waals surface area (Å²) in [6.07, 6.45) is 1.96. The van der Waals surface area contributed by atoms with Gasteiger partial charge in [0, 0.05) is 18.3 Å². The monoisotopic (exact) mass is 244 g/mol. The van der Waals surface area contributed by atoms with Crippen molar-refractivity contribution in [2.24, 2.45) is 11.8 Å². The molecule has 0 fully saturated rings. The van der Waals surface area contributed by atoms with Gasteiger partial charge in [0.05, 0.1) is 0 Å². The minimum Gasteiger partial charge on any atom is -0.396 e. The van der Waals surface area contributed by atoms with Crippen molar-refractivity contribution in [3.05, 3.63) is 12.7 Å². The van der Waals surface area contributed by atoms with E-state index < -0.39 is 9.28 Å². The van der Waals surface area contributed by atoms with E-state index >= 15 is 0 Å². The molecule has 3 heteroatoms.